The second-order valence-electron chi connectivity index (χ2n) is 7.41. The van der Waals surface area contributed by atoms with Gasteiger partial charge in [0.25, 0.3) is 5.91 Å². The van der Waals surface area contributed by atoms with Gasteiger partial charge in [-0.25, -0.2) is 0 Å². The van der Waals surface area contributed by atoms with Crippen molar-refractivity contribution in [3.63, 3.8) is 0 Å². The number of hydrogen-bond donors (Lipinski definition) is 0. The molecule has 1 unspecified atom stereocenters. The zero-order valence-electron chi connectivity index (χ0n) is 15.3. The third-order valence-electron chi connectivity index (χ3n) is 5.50. The van der Waals surface area contributed by atoms with Gasteiger partial charge in [-0.1, -0.05) is 6.07 Å². The predicted molar refractivity (Wildman–Crippen MR) is 98.1 cm³/mol. The van der Waals surface area contributed by atoms with E-state index in [0.29, 0.717) is 5.56 Å². The van der Waals surface area contributed by atoms with Gasteiger partial charge in [0.2, 0.25) is 0 Å². The zero-order chi connectivity index (χ0) is 17.9. The van der Waals surface area contributed by atoms with Crippen molar-refractivity contribution in [1.82, 2.24) is 19.7 Å². The first-order valence-corrected chi connectivity index (χ1v) is 9.56. The highest BCUT2D eigenvalue weighted by atomic mass is 16.5. The maximum atomic E-state index is 12.9. The molecule has 0 spiro atoms. The molecule has 1 aliphatic heterocycles. The normalized spacial score (nSPS) is 19.7. The summed E-state index contributed by atoms with van der Waals surface area (Å²) in [5, 5.41) is 8.39. The Morgan fingerprint density at radius 2 is 2.19 bits per heavy atom. The van der Waals surface area contributed by atoms with Crippen LogP contribution in [0.1, 0.15) is 48.3 Å². The highest BCUT2D eigenvalue weighted by Crippen LogP contribution is 2.31. The van der Waals surface area contributed by atoms with Gasteiger partial charge in [0.05, 0.1) is 7.11 Å². The number of benzene rings is 1. The fourth-order valence-electron chi connectivity index (χ4n) is 3.82. The van der Waals surface area contributed by atoms with E-state index in [4.69, 9.17) is 4.74 Å². The lowest BCUT2D eigenvalue weighted by Gasteiger charge is -2.25. The molecule has 6 nitrogen and oxygen atoms in total. The Morgan fingerprint density at radius 3 is 3.00 bits per heavy atom. The molecule has 1 atom stereocenters. The van der Waals surface area contributed by atoms with E-state index in [-0.39, 0.29) is 11.9 Å². The minimum Gasteiger partial charge on any atom is -0.497 e. The molecule has 1 aliphatic carbocycles. The van der Waals surface area contributed by atoms with Crippen LogP contribution in [0.3, 0.4) is 0 Å². The third kappa shape index (κ3) is 3.74. The maximum absolute atomic E-state index is 12.9. The molecular formula is C20H26N4O2. The number of carbonyl (C=O) groups is 1. The molecule has 1 amide bonds. The fraction of sp³-hybridized carbons (Fsp3) is 0.550. The summed E-state index contributed by atoms with van der Waals surface area (Å²) in [6, 6.07) is 7.71. The summed E-state index contributed by atoms with van der Waals surface area (Å²) in [5.74, 6) is 2.69. The lowest BCUT2D eigenvalue weighted by Crippen LogP contribution is -2.36. The van der Waals surface area contributed by atoms with Crippen LogP contribution in [0.5, 0.6) is 5.75 Å². The molecule has 1 aromatic heterocycles. The van der Waals surface area contributed by atoms with Crippen LogP contribution >= 0.6 is 0 Å². The number of ether oxygens (including phenoxy) is 1. The standard InChI is InChI=1S/C20H26N4O2/c1-26-18-6-2-4-16(12-18)20(25)24-11-3-5-17(24)9-10-19-22-21-14-23(19)13-15-7-8-15/h2,4,6,12,14-15,17H,3,5,7-11,13H2,1H3. The van der Waals surface area contributed by atoms with Crippen molar-refractivity contribution in [3.8, 4) is 5.75 Å². The Balaban J connectivity index is 1.40. The van der Waals surface area contributed by atoms with Crippen molar-refractivity contribution < 1.29 is 9.53 Å². The summed E-state index contributed by atoms with van der Waals surface area (Å²) < 4.78 is 7.45. The molecule has 2 aromatic rings. The molecule has 0 bridgehead atoms. The highest BCUT2D eigenvalue weighted by molar-refractivity contribution is 5.95. The van der Waals surface area contributed by atoms with E-state index in [0.717, 1.165) is 56.3 Å². The van der Waals surface area contributed by atoms with Gasteiger partial charge >= 0.3 is 0 Å². The third-order valence-corrected chi connectivity index (χ3v) is 5.50. The average molecular weight is 354 g/mol. The molecule has 1 saturated heterocycles. The van der Waals surface area contributed by atoms with E-state index in [1.807, 2.05) is 35.5 Å². The summed E-state index contributed by atoms with van der Waals surface area (Å²) in [6.45, 7) is 1.87. The Labute approximate surface area is 154 Å². The number of likely N-dealkylation sites (tertiary alicyclic amines) is 1. The molecule has 1 aromatic carbocycles. The molecule has 0 radical (unpaired) electrons. The molecule has 1 saturated carbocycles. The lowest BCUT2D eigenvalue weighted by molar-refractivity contribution is 0.0729. The molecule has 4 rings (SSSR count). The summed E-state index contributed by atoms with van der Waals surface area (Å²) >= 11 is 0. The molecule has 26 heavy (non-hydrogen) atoms. The number of carbonyl (C=O) groups excluding carboxylic acids is 1. The first kappa shape index (κ1) is 17.1. The van der Waals surface area contributed by atoms with Gasteiger partial charge in [0.15, 0.2) is 0 Å². The fourth-order valence-corrected chi connectivity index (χ4v) is 3.82. The Bertz CT molecular complexity index is 769. The quantitative estimate of drug-likeness (QED) is 0.767. The van der Waals surface area contributed by atoms with Gasteiger partial charge < -0.3 is 14.2 Å². The van der Waals surface area contributed by atoms with Crippen LogP contribution in [0.4, 0.5) is 0 Å². The second-order valence-corrected chi connectivity index (χ2v) is 7.41. The SMILES string of the molecule is COc1cccc(C(=O)N2CCCC2CCc2nncn2CC2CC2)c1. The van der Waals surface area contributed by atoms with E-state index >= 15 is 0 Å². The van der Waals surface area contributed by atoms with Gasteiger partial charge in [-0.05, 0) is 56.2 Å². The van der Waals surface area contributed by atoms with Gasteiger partial charge in [-0.15, -0.1) is 10.2 Å². The average Bonchev–Trinajstić information content (AvgIpc) is 3.17. The van der Waals surface area contributed by atoms with Crippen LogP contribution in [0.2, 0.25) is 0 Å². The summed E-state index contributed by atoms with van der Waals surface area (Å²) in [7, 11) is 1.63. The number of aryl methyl sites for hydroxylation is 1. The smallest absolute Gasteiger partial charge is 0.254 e. The monoisotopic (exact) mass is 354 g/mol. The molecule has 138 valence electrons. The first-order valence-electron chi connectivity index (χ1n) is 9.56. The van der Waals surface area contributed by atoms with Crippen LogP contribution in [0.15, 0.2) is 30.6 Å². The Hall–Kier alpha value is -2.37. The van der Waals surface area contributed by atoms with Crippen LogP contribution < -0.4 is 4.74 Å². The maximum Gasteiger partial charge on any atom is 0.254 e. The minimum absolute atomic E-state index is 0.103. The predicted octanol–water partition coefficient (Wildman–Crippen LogP) is 2.93. The zero-order valence-corrected chi connectivity index (χ0v) is 15.3. The van der Waals surface area contributed by atoms with E-state index in [1.165, 1.54) is 12.8 Å². The molecule has 2 fully saturated rings. The summed E-state index contributed by atoms with van der Waals surface area (Å²) in [5.41, 5.74) is 0.702. The number of rotatable bonds is 7. The molecule has 0 N–H and O–H groups in total. The number of aromatic nitrogens is 3. The number of methoxy groups -OCH3 is 1. The number of hydrogen-bond acceptors (Lipinski definition) is 4. The van der Waals surface area contributed by atoms with E-state index in [1.54, 1.807) is 7.11 Å². The lowest BCUT2D eigenvalue weighted by atomic mass is 10.1. The number of amides is 1. The molecular weight excluding hydrogens is 328 g/mol. The van der Waals surface area contributed by atoms with Crippen LogP contribution in [0.25, 0.3) is 0 Å². The molecule has 2 aliphatic rings. The Morgan fingerprint density at radius 1 is 1.31 bits per heavy atom. The van der Waals surface area contributed by atoms with Gasteiger partial charge in [-0.3, -0.25) is 4.79 Å². The van der Waals surface area contributed by atoms with E-state index in [2.05, 4.69) is 14.8 Å². The topological polar surface area (TPSA) is 60.2 Å². The van der Waals surface area contributed by atoms with Crippen molar-refractivity contribution in [2.45, 2.75) is 51.1 Å². The summed E-state index contributed by atoms with van der Waals surface area (Å²) in [6.07, 6.45) is 8.44. The molecule has 2 heterocycles. The van der Waals surface area contributed by atoms with Gasteiger partial charge in [0.1, 0.15) is 17.9 Å². The van der Waals surface area contributed by atoms with E-state index in [9.17, 15) is 4.79 Å². The van der Waals surface area contributed by atoms with Crippen LogP contribution in [-0.4, -0.2) is 45.3 Å². The van der Waals surface area contributed by atoms with Gasteiger partial charge in [0, 0.05) is 31.1 Å². The highest BCUT2D eigenvalue weighted by Gasteiger charge is 2.30. The van der Waals surface area contributed by atoms with E-state index < -0.39 is 0 Å². The second kappa shape index (κ2) is 7.48. The first-order chi connectivity index (χ1) is 12.7. The van der Waals surface area contributed by atoms with Crippen molar-refractivity contribution in [2.75, 3.05) is 13.7 Å². The summed E-state index contributed by atoms with van der Waals surface area (Å²) in [4.78, 5) is 15.0. The van der Waals surface area contributed by atoms with Gasteiger partial charge in [-0.2, -0.15) is 0 Å². The number of nitrogens with zero attached hydrogens (tertiary/aromatic N) is 4. The largest absolute Gasteiger partial charge is 0.497 e. The molecule has 6 heteroatoms. The van der Waals surface area contributed by atoms with Crippen LogP contribution in [0, 0.1) is 5.92 Å². The van der Waals surface area contributed by atoms with Crippen molar-refractivity contribution in [1.29, 1.82) is 0 Å². The Kier molecular flexibility index (Phi) is 4.91. The minimum atomic E-state index is 0.103. The van der Waals surface area contributed by atoms with Crippen molar-refractivity contribution in [3.05, 3.63) is 42.0 Å². The van der Waals surface area contributed by atoms with Crippen molar-refractivity contribution >= 4 is 5.91 Å². The van der Waals surface area contributed by atoms with Crippen LogP contribution in [-0.2, 0) is 13.0 Å². The van der Waals surface area contributed by atoms with Crippen molar-refractivity contribution in [2.24, 2.45) is 5.92 Å².